The van der Waals surface area contributed by atoms with Crippen LogP contribution in [0.2, 0.25) is 5.02 Å². The molecule has 1 amide bonds. The molecular formula is C22H24ClN5OS. The maximum Gasteiger partial charge on any atom is 0.240 e. The lowest BCUT2D eigenvalue weighted by molar-refractivity contribution is -0.116. The minimum Gasteiger partial charge on any atom is -0.325 e. The number of hydrogen-bond donors (Lipinski definition) is 2. The van der Waals surface area contributed by atoms with E-state index in [9.17, 15) is 4.79 Å². The number of anilines is 1. The molecule has 156 valence electrons. The van der Waals surface area contributed by atoms with Gasteiger partial charge in [-0.1, -0.05) is 67.5 Å². The van der Waals surface area contributed by atoms with Gasteiger partial charge in [-0.25, -0.2) is 4.68 Å². The summed E-state index contributed by atoms with van der Waals surface area (Å²) in [6, 6.07) is 15.4. The Labute approximate surface area is 185 Å². The molecule has 3 aromatic rings. The van der Waals surface area contributed by atoms with E-state index in [0.29, 0.717) is 15.9 Å². The molecule has 4 rings (SSSR count). The van der Waals surface area contributed by atoms with Gasteiger partial charge in [-0.2, -0.15) is 0 Å². The number of amides is 1. The van der Waals surface area contributed by atoms with E-state index in [1.54, 1.807) is 12.1 Å². The van der Waals surface area contributed by atoms with E-state index in [-0.39, 0.29) is 11.9 Å². The summed E-state index contributed by atoms with van der Waals surface area (Å²) >= 11 is 7.51. The fourth-order valence-corrected chi connectivity index (χ4v) is 4.76. The summed E-state index contributed by atoms with van der Waals surface area (Å²) in [7, 11) is 0. The standard InChI is InChI=1S/C22H24ClN5OS/c1-3-6-18-25-26-22-28(18)27-19(15-11-9-14(4-2)10-12-15)20(30-22)21(29)24-17-8-5-7-16(23)13-17/h5,7-13,19-20,27H,3-4,6H2,1-2H3,(H,24,29)/t19-,20-/m0/s1. The Balaban J connectivity index is 1.66. The van der Waals surface area contributed by atoms with Crippen LogP contribution < -0.4 is 10.7 Å². The molecule has 0 radical (unpaired) electrons. The molecule has 0 bridgehead atoms. The van der Waals surface area contributed by atoms with Crippen LogP contribution >= 0.6 is 23.4 Å². The van der Waals surface area contributed by atoms with Crippen LogP contribution in [0, 0.1) is 0 Å². The Kier molecular flexibility index (Phi) is 6.29. The van der Waals surface area contributed by atoms with Crippen molar-refractivity contribution in [3.05, 3.63) is 70.5 Å². The van der Waals surface area contributed by atoms with Crippen LogP contribution in [0.3, 0.4) is 0 Å². The van der Waals surface area contributed by atoms with E-state index in [0.717, 1.165) is 30.7 Å². The SMILES string of the molecule is CCCc1nnc2n1N[C@@H](c1ccc(CC)cc1)[C@@H](C(=O)Nc1cccc(Cl)c1)S2. The van der Waals surface area contributed by atoms with Gasteiger partial charge in [0.2, 0.25) is 11.1 Å². The van der Waals surface area contributed by atoms with E-state index < -0.39 is 5.25 Å². The molecule has 0 unspecified atom stereocenters. The van der Waals surface area contributed by atoms with Crippen LogP contribution in [0.25, 0.3) is 0 Å². The number of carbonyl (C=O) groups is 1. The number of rotatable bonds is 6. The number of nitrogens with zero attached hydrogens (tertiary/aromatic N) is 3. The molecular weight excluding hydrogens is 418 g/mol. The monoisotopic (exact) mass is 441 g/mol. The van der Waals surface area contributed by atoms with Crippen molar-refractivity contribution in [2.24, 2.45) is 0 Å². The molecule has 30 heavy (non-hydrogen) atoms. The predicted molar refractivity (Wildman–Crippen MR) is 122 cm³/mol. The smallest absolute Gasteiger partial charge is 0.240 e. The first-order chi connectivity index (χ1) is 14.6. The van der Waals surface area contributed by atoms with E-state index >= 15 is 0 Å². The van der Waals surface area contributed by atoms with E-state index in [1.165, 1.54) is 17.3 Å². The van der Waals surface area contributed by atoms with Crippen molar-refractivity contribution in [1.29, 1.82) is 0 Å². The third-order valence-electron chi connectivity index (χ3n) is 5.07. The molecule has 2 atom stereocenters. The number of aryl methyl sites for hydroxylation is 2. The minimum absolute atomic E-state index is 0.106. The highest BCUT2D eigenvalue weighted by Crippen LogP contribution is 2.38. The molecule has 0 saturated carbocycles. The lowest BCUT2D eigenvalue weighted by Gasteiger charge is -2.33. The van der Waals surface area contributed by atoms with E-state index in [1.807, 2.05) is 16.8 Å². The van der Waals surface area contributed by atoms with Gasteiger partial charge >= 0.3 is 0 Å². The summed E-state index contributed by atoms with van der Waals surface area (Å²) in [6.45, 7) is 4.24. The van der Waals surface area contributed by atoms with Crippen LogP contribution in [0.15, 0.2) is 53.7 Å². The van der Waals surface area contributed by atoms with Crippen LogP contribution in [0.5, 0.6) is 0 Å². The van der Waals surface area contributed by atoms with Gasteiger partial charge in [-0.3, -0.25) is 4.79 Å². The van der Waals surface area contributed by atoms with Crippen LogP contribution in [-0.2, 0) is 17.6 Å². The zero-order chi connectivity index (χ0) is 21.1. The predicted octanol–water partition coefficient (Wildman–Crippen LogP) is 4.84. The average Bonchev–Trinajstić information content (AvgIpc) is 3.15. The van der Waals surface area contributed by atoms with Crippen molar-refractivity contribution in [3.63, 3.8) is 0 Å². The van der Waals surface area contributed by atoms with Crippen LogP contribution in [0.1, 0.15) is 43.3 Å². The Hall–Kier alpha value is -2.51. The van der Waals surface area contributed by atoms with Crippen molar-refractivity contribution < 1.29 is 4.79 Å². The number of carbonyl (C=O) groups excluding carboxylic acids is 1. The summed E-state index contributed by atoms with van der Waals surface area (Å²) in [5.41, 5.74) is 6.48. The first-order valence-electron chi connectivity index (χ1n) is 10.1. The fourth-order valence-electron chi connectivity index (χ4n) is 3.47. The highest BCUT2D eigenvalue weighted by atomic mass is 35.5. The van der Waals surface area contributed by atoms with Gasteiger partial charge in [0.15, 0.2) is 5.82 Å². The van der Waals surface area contributed by atoms with Crippen molar-refractivity contribution in [2.75, 3.05) is 10.7 Å². The molecule has 1 aromatic heterocycles. The fraction of sp³-hybridized carbons (Fsp3) is 0.318. The van der Waals surface area contributed by atoms with Gasteiger partial charge in [0, 0.05) is 17.1 Å². The van der Waals surface area contributed by atoms with Crippen LogP contribution in [-0.4, -0.2) is 26.0 Å². The molecule has 2 heterocycles. The van der Waals surface area contributed by atoms with Gasteiger partial charge in [0.1, 0.15) is 5.25 Å². The second-order valence-corrected chi connectivity index (χ2v) is 8.77. The number of halogens is 1. The lowest BCUT2D eigenvalue weighted by Crippen LogP contribution is -2.41. The number of fused-ring (bicyclic) bond motifs is 1. The topological polar surface area (TPSA) is 71.8 Å². The van der Waals surface area contributed by atoms with Gasteiger partial charge in [-0.15, -0.1) is 10.2 Å². The lowest BCUT2D eigenvalue weighted by atomic mass is 10.0. The van der Waals surface area contributed by atoms with Crippen molar-refractivity contribution >= 4 is 35.0 Å². The quantitative estimate of drug-likeness (QED) is 0.572. The van der Waals surface area contributed by atoms with Gasteiger partial charge in [0.05, 0.1) is 6.04 Å². The summed E-state index contributed by atoms with van der Waals surface area (Å²) in [5.74, 6) is 0.773. The first-order valence-corrected chi connectivity index (χ1v) is 11.4. The number of nitrogens with one attached hydrogen (secondary N) is 2. The molecule has 0 saturated heterocycles. The average molecular weight is 442 g/mol. The molecule has 2 aromatic carbocycles. The Bertz CT molecular complexity index is 1040. The highest BCUT2D eigenvalue weighted by Gasteiger charge is 2.37. The van der Waals surface area contributed by atoms with Crippen molar-refractivity contribution in [3.8, 4) is 0 Å². The van der Waals surface area contributed by atoms with Gasteiger partial charge in [-0.05, 0) is 42.2 Å². The number of benzene rings is 2. The third-order valence-corrected chi connectivity index (χ3v) is 6.53. The number of hydrogen-bond acceptors (Lipinski definition) is 5. The van der Waals surface area contributed by atoms with Gasteiger partial charge < -0.3 is 10.7 Å². The highest BCUT2D eigenvalue weighted by molar-refractivity contribution is 8.00. The number of aromatic nitrogens is 3. The Morgan fingerprint density at radius 2 is 2.00 bits per heavy atom. The maximum absolute atomic E-state index is 13.3. The Morgan fingerprint density at radius 3 is 2.70 bits per heavy atom. The summed E-state index contributed by atoms with van der Waals surface area (Å²) in [4.78, 5) is 13.3. The second-order valence-electron chi connectivity index (χ2n) is 7.22. The molecule has 6 nitrogen and oxygen atoms in total. The van der Waals surface area contributed by atoms with Crippen molar-refractivity contribution in [2.45, 2.75) is 49.6 Å². The second kappa shape index (κ2) is 9.10. The summed E-state index contributed by atoms with van der Waals surface area (Å²) in [6.07, 6.45) is 2.77. The first kappa shape index (κ1) is 20.8. The molecule has 0 aliphatic carbocycles. The Morgan fingerprint density at radius 1 is 1.20 bits per heavy atom. The molecule has 0 fully saturated rings. The zero-order valence-corrected chi connectivity index (χ0v) is 18.5. The largest absolute Gasteiger partial charge is 0.325 e. The molecule has 0 spiro atoms. The third kappa shape index (κ3) is 4.32. The van der Waals surface area contributed by atoms with Gasteiger partial charge in [0.25, 0.3) is 0 Å². The summed E-state index contributed by atoms with van der Waals surface area (Å²) < 4.78 is 1.93. The van der Waals surface area contributed by atoms with E-state index in [4.69, 9.17) is 11.6 Å². The normalized spacial score (nSPS) is 17.8. The minimum atomic E-state index is -0.414. The molecule has 2 N–H and O–H groups in total. The zero-order valence-electron chi connectivity index (χ0n) is 16.9. The van der Waals surface area contributed by atoms with Crippen LogP contribution in [0.4, 0.5) is 5.69 Å². The maximum atomic E-state index is 13.3. The molecule has 8 heteroatoms. The molecule has 1 aliphatic heterocycles. The van der Waals surface area contributed by atoms with Crippen molar-refractivity contribution in [1.82, 2.24) is 14.9 Å². The molecule has 1 aliphatic rings. The number of thioether (sulfide) groups is 1. The van der Waals surface area contributed by atoms with E-state index in [2.05, 4.69) is 59.1 Å². The summed E-state index contributed by atoms with van der Waals surface area (Å²) in [5, 5.41) is 12.5.